The highest BCUT2D eigenvalue weighted by Crippen LogP contribution is 2.21. The Bertz CT molecular complexity index is 883. The minimum Gasteiger partial charge on any atom is -0.496 e. The summed E-state index contributed by atoms with van der Waals surface area (Å²) < 4.78 is 11.0. The first-order valence-corrected chi connectivity index (χ1v) is 9.49. The van der Waals surface area contributed by atoms with Gasteiger partial charge in [-0.15, -0.1) is 10.2 Å². The summed E-state index contributed by atoms with van der Waals surface area (Å²) >= 11 is 1.25. The van der Waals surface area contributed by atoms with Gasteiger partial charge in [-0.1, -0.05) is 60.3 Å². The summed E-state index contributed by atoms with van der Waals surface area (Å²) in [4.78, 5) is 14.1. The van der Waals surface area contributed by atoms with Crippen molar-refractivity contribution < 1.29 is 13.9 Å². The topological polar surface area (TPSA) is 68.5 Å². The first kappa shape index (κ1) is 19.0. The lowest BCUT2D eigenvalue weighted by atomic mass is 10.2. The van der Waals surface area contributed by atoms with Crippen molar-refractivity contribution in [1.82, 2.24) is 15.1 Å². The number of aromatic nitrogens is 2. The summed E-state index contributed by atoms with van der Waals surface area (Å²) in [7, 11) is 3.39. The lowest BCUT2D eigenvalue weighted by Crippen LogP contribution is -2.28. The third kappa shape index (κ3) is 5.34. The lowest BCUT2D eigenvalue weighted by Gasteiger charge is -2.18. The van der Waals surface area contributed by atoms with Crippen molar-refractivity contribution in [2.24, 2.45) is 0 Å². The average Bonchev–Trinajstić information content (AvgIpc) is 3.14. The SMILES string of the molecule is COc1ccccc1CN(C)C(=O)CSc1nnc(Cc2ccccc2)o1. The Hall–Kier alpha value is -2.80. The van der Waals surface area contributed by atoms with Gasteiger partial charge in [-0.05, 0) is 11.6 Å². The highest BCUT2D eigenvalue weighted by atomic mass is 32.2. The second-order valence-corrected chi connectivity index (χ2v) is 6.90. The first-order chi connectivity index (χ1) is 13.2. The van der Waals surface area contributed by atoms with Crippen LogP contribution in [-0.4, -0.2) is 40.9 Å². The number of nitrogens with zero attached hydrogens (tertiary/aromatic N) is 3. The molecule has 3 rings (SSSR count). The molecule has 0 radical (unpaired) electrons. The zero-order valence-corrected chi connectivity index (χ0v) is 16.1. The molecule has 0 saturated heterocycles. The van der Waals surface area contributed by atoms with Gasteiger partial charge >= 0.3 is 0 Å². The molecular formula is C20H21N3O3S. The number of hydrogen-bond donors (Lipinski definition) is 0. The molecule has 0 aliphatic heterocycles. The van der Waals surface area contributed by atoms with Crippen molar-refractivity contribution in [2.45, 2.75) is 18.2 Å². The molecule has 1 amide bonds. The normalized spacial score (nSPS) is 10.6. The van der Waals surface area contributed by atoms with E-state index < -0.39 is 0 Å². The number of thioether (sulfide) groups is 1. The number of carbonyl (C=O) groups is 1. The monoisotopic (exact) mass is 383 g/mol. The molecule has 0 aliphatic carbocycles. The van der Waals surface area contributed by atoms with Crippen LogP contribution in [0.2, 0.25) is 0 Å². The van der Waals surface area contributed by atoms with Crippen molar-refractivity contribution in [2.75, 3.05) is 19.9 Å². The minimum absolute atomic E-state index is 0.0197. The summed E-state index contributed by atoms with van der Waals surface area (Å²) in [5, 5.41) is 8.46. The lowest BCUT2D eigenvalue weighted by molar-refractivity contribution is -0.127. The fraction of sp³-hybridized carbons (Fsp3) is 0.250. The van der Waals surface area contributed by atoms with Gasteiger partial charge in [0.25, 0.3) is 5.22 Å². The number of hydrogen-bond acceptors (Lipinski definition) is 6. The van der Waals surface area contributed by atoms with Crippen LogP contribution < -0.4 is 4.74 Å². The molecule has 2 aromatic carbocycles. The van der Waals surface area contributed by atoms with E-state index in [4.69, 9.17) is 9.15 Å². The van der Waals surface area contributed by atoms with E-state index in [0.717, 1.165) is 16.9 Å². The van der Waals surface area contributed by atoms with Crippen molar-refractivity contribution in [3.05, 3.63) is 71.6 Å². The number of ether oxygens (including phenoxy) is 1. The van der Waals surface area contributed by atoms with Gasteiger partial charge in [0.2, 0.25) is 11.8 Å². The summed E-state index contributed by atoms with van der Waals surface area (Å²) in [5.74, 6) is 1.53. The molecule has 0 atom stereocenters. The number of rotatable bonds is 8. The zero-order valence-electron chi connectivity index (χ0n) is 15.3. The molecule has 0 aliphatic rings. The van der Waals surface area contributed by atoms with Gasteiger partial charge < -0.3 is 14.1 Å². The van der Waals surface area contributed by atoms with Crippen LogP contribution in [0.15, 0.2) is 64.2 Å². The maximum atomic E-state index is 12.4. The molecule has 1 aromatic heterocycles. The smallest absolute Gasteiger partial charge is 0.277 e. The van der Waals surface area contributed by atoms with E-state index in [-0.39, 0.29) is 11.7 Å². The van der Waals surface area contributed by atoms with Crippen LogP contribution >= 0.6 is 11.8 Å². The molecule has 1 heterocycles. The molecule has 7 heteroatoms. The molecule has 6 nitrogen and oxygen atoms in total. The fourth-order valence-corrected chi connectivity index (χ4v) is 3.27. The van der Waals surface area contributed by atoms with Gasteiger partial charge in [-0.3, -0.25) is 4.79 Å². The fourth-order valence-electron chi connectivity index (χ4n) is 2.55. The largest absolute Gasteiger partial charge is 0.496 e. The molecule has 3 aromatic rings. The molecule has 0 unspecified atom stereocenters. The van der Waals surface area contributed by atoms with Gasteiger partial charge in [-0.25, -0.2) is 0 Å². The number of benzene rings is 2. The van der Waals surface area contributed by atoms with Crippen LogP contribution in [0, 0.1) is 0 Å². The van der Waals surface area contributed by atoms with E-state index >= 15 is 0 Å². The minimum atomic E-state index is -0.0197. The number of carbonyl (C=O) groups excluding carboxylic acids is 1. The van der Waals surface area contributed by atoms with Crippen molar-refractivity contribution in [3.8, 4) is 5.75 Å². The van der Waals surface area contributed by atoms with E-state index in [1.165, 1.54) is 11.8 Å². The molecule has 27 heavy (non-hydrogen) atoms. The summed E-state index contributed by atoms with van der Waals surface area (Å²) in [6, 6.07) is 17.6. The van der Waals surface area contributed by atoms with E-state index in [2.05, 4.69) is 10.2 Å². The van der Waals surface area contributed by atoms with Gasteiger partial charge in [-0.2, -0.15) is 0 Å². The van der Waals surface area contributed by atoms with Gasteiger partial charge in [0, 0.05) is 19.2 Å². The Kier molecular flexibility index (Phi) is 6.49. The number of amides is 1. The van der Waals surface area contributed by atoms with E-state index in [9.17, 15) is 4.79 Å². The Morgan fingerprint density at radius 3 is 2.63 bits per heavy atom. The molecule has 0 bridgehead atoms. The molecular weight excluding hydrogens is 362 g/mol. The van der Waals surface area contributed by atoms with Crippen LogP contribution in [0.25, 0.3) is 0 Å². The standard InChI is InChI=1S/C20H21N3O3S/c1-23(13-16-10-6-7-11-17(16)25-2)19(24)14-27-20-22-21-18(26-20)12-15-8-4-3-5-9-15/h3-11H,12-14H2,1-2H3. The van der Waals surface area contributed by atoms with E-state index in [1.807, 2.05) is 54.6 Å². The van der Waals surface area contributed by atoms with Gasteiger partial charge in [0.05, 0.1) is 19.3 Å². The van der Waals surface area contributed by atoms with Crippen LogP contribution in [0.4, 0.5) is 0 Å². The average molecular weight is 383 g/mol. The predicted molar refractivity (Wildman–Crippen MR) is 104 cm³/mol. The Labute approximate surface area is 162 Å². The highest BCUT2D eigenvalue weighted by molar-refractivity contribution is 7.99. The summed E-state index contributed by atoms with van der Waals surface area (Å²) in [6.45, 7) is 0.479. The van der Waals surface area contributed by atoms with E-state index in [1.54, 1.807) is 19.1 Å². The van der Waals surface area contributed by atoms with Gasteiger partial charge in [0.15, 0.2) is 0 Å². The Morgan fingerprint density at radius 2 is 1.85 bits per heavy atom. The van der Waals surface area contributed by atoms with Crippen LogP contribution in [0.5, 0.6) is 5.75 Å². The molecule has 140 valence electrons. The molecule has 0 spiro atoms. The van der Waals surface area contributed by atoms with Gasteiger partial charge in [0.1, 0.15) is 5.75 Å². The number of para-hydroxylation sites is 1. The third-order valence-electron chi connectivity index (χ3n) is 3.99. The van der Waals surface area contributed by atoms with Crippen LogP contribution in [0.3, 0.4) is 0 Å². The number of methoxy groups -OCH3 is 1. The maximum absolute atomic E-state index is 12.4. The zero-order chi connectivity index (χ0) is 19.1. The second-order valence-electron chi connectivity index (χ2n) is 5.97. The highest BCUT2D eigenvalue weighted by Gasteiger charge is 2.15. The molecule has 0 fully saturated rings. The second kappa shape index (κ2) is 9.23. The first-order valence-electron chi connectivity index (χ1n) is 8.50. The molecule has 0 saturated carbocycles. The van der Waals surface area contributed by atoms with Crippen LogP contribution in [-0.2, 0) is 17.8 Å². The van der Waals surface area contributed by atoms with Crippen LogP contribution in [0.1, 0.15) is 17.0 Å². The predicted octanol–water partition coefficient (Wildman–Crippen LogP) is 3.42. The van der Waals surface area contributed by atoms with Crippen molar-refractivity contribution in [3.63, 3.8) is 0 Å². The summed E-state index contributed by atoms with van der Waals surface area (Å²) in [6.07, 6.45) is 0.579. The van der Waals surface area contributed by atoms with E-state index in [0.29, 0.717) is 24.1 Å². The van der Waals surface area contributed by atoms with Crippen molar-refractivity contribution in [1.29, 1.82) is 0 Å². The van der Waals surface area contributed by atoms with Crippen molar-refractivity contribution >= 4 is 17.7 Å². The Morgan fingerprint density at radius 1 is 1.11 bits per heavy atom. The Balaban J connectivity index is 1.51. The summed E-state index contributed by atoms with van der Waals surface area (Å²) in [5.41, 5.74) is 2.06. The maximum Gasteiger partial charge on any atom is 0.277 e. The quantitative estimate of drug-likeness (QED) is 0.555. The third-order valence-corrected chi connectivity index (χ3v) is 4.79. The molecule has 0 N–H and O–H groups in total.